The summed E-state index contributed by atoms with van der Waals surface area (Å²) in [4.78, 5) is 31.4. The lowest BCUT2D eigenvalue weighted by atomic mass is 10.1. The molecule has 0 aliphatic carbocycles. The number of piperazine rings is 1. The summed E-state index contributed by atoms with van der Waals surface area (Å²) in [6.07, 6.45) is 2.18. The van der Waals surface area contributed by atoms with E-state index in [0.717, 1.165) is 38.5 Å². The maximum Gasteiger partial charge on any atom is 0.164 e. The van der Waals surface area contributed by atoms with Crippen LogP contribution in [0.5, 0.6) is 0 Å². The fourth-order valence-corrected chi connectivity index (χ4v) is 2.55. The molecule has 1 saturated heterocycles. The van der Waals surface area contributed by atoms with Crippen molar-refractivity contribution in [1.29, 1.82) is 0 Å². The van der Waals surface area contributed by atoms with Crippen molar-refractivity contribution in [2.75, 3.05) is 50.8 Å². The van der Waals surface area contributed by atoms with Gasteiger partial charge < -0.3 is 9.64 Å². The third-order valence-corrected chi connectivity index (χ3v) is 3.94. The molecule has 1 aromatic heterocycles. The average Bonchev–Trinajstić information content (AvgIpc) is 2.67. The van der Waals surface area contributed by atoms with E-state index in [0.29, 0.717) is 18.6 Å². The average molecular weight is 349 g/mol. The number of pyridine rings is 1. The molecule has 0 bridgehead atoms. The van der Waals surface area contributed by atoms with Gasteiger partial charge in [0.2, 0.25) is 0 Å². The standard InChI is InChI=1S/C17H25N3O3.C2H6/c1-3-16(22)15-4-5-17(18-12-15)20-8-6-19(7-9-20)10-11-23-13-14(2)21;1-2/h4-5,12H,3,6-11,13H2,1-2H3;1-2H3. The van der Waals surface area contributed by atoms with Crippen molar-refractivity contribution in [2.45, 2.75) is 34.1 Å². The smallest absolute Gasteiger partial charge is 0.164 e. The predicted octanol–water partition coefficient (Wildman–Crippen LogP) is 2.43. The first-order chi connectivity index (χ1) is 12.1. The van der Waals surface area contributed by atoms with Crippen LogP contribution in [0.3, 0.4) is 0 Å². The van der Waals surface area contributed by atoms with Crippen molar-refractivity contribution in [2.24, 2.45) is 0 Å². The maximum atomic E-state index is 11.6. The molecule has 2 rings (SSSR count). The van der Waals surface area contributed by atoms with Crippen LogP contribution in [0, 0.1) is 0 Å². The normalized spacial score (nSPS) is 14.6. The minimum absolute atomic E-state index is 0.0610. The zero-order chi connectivity index (χ0) is 18.7. The van der Waals surface area contributed by atoms with Gasteiger partial charge in [0.1, 0.15) is 12.4 Å². The predicted molar refractivity (Wildman–Crippen MR) is 100 cm³/mol. The first-order valence-electron chi connectivity index (χ1n) is 9.14. The first-order valence-corrected chi connectivity index (χ1v) is 9.14. The lowest BCUT2D eigenvalue weighted by Gasteiger charge is -2.35. The number of hydrogen-bond donors (Lipinski definition) is 0. The lowest BCUT2D eigenvalue weighted by molar-refractivity contribution is -0.121. The van der Waals surface area contributed by atoms with Crippen molar-refractivity contribution in [1.82, 2.24) is 9.88 Å². The van der Waals surface area contributed by atoms with Gasteiger partial charge in [-0.05, 0) is 19.1 Å². The molecule has 6 heteroatoms. The second kappa shape index (κ2) is 11.7. The quantitative estimate of drug-likeness (QED) is 0.531. The van der Waals surface area contributed by atoms with Crippen molar-refractivity contribution in [3.63, 3.8) is 0 Å². The summed E-state index contributed by atoms with van der Waals surface area (Å²) in [5.41, 5.74) is 0.678. The van der Waals surface area contributed by atoms with E-state index in [1.165, 1.54) is 6.92 Å². The van der Waals surface area contributed by atoms with Gasteiger partial charge in [0.25, 0.3) is 0 Å². The fourth-order valence-electron chi connectivity index (χ4n) is 2.55. The molecule has 25 heavy (non-hydrogen) atoms. The molecule has 1 aromatic rings. The van der Waals surface area contributed by atoms with Crippen LogP contribution in [0.15, 0.2) is 18.3 Å². The van der Waals surface area contributed by atoms with E-state index in [4.69, 9.17) is 4.74 Å². The van der Waals surface area contributed by atoms with Crippen LogP contribution < -0.4 is 4.90 Å². The van der Waals surface area contributed by atoms with Gasteiger partial charge in [-0.15, -0.1) is 0 Å². The Balaban J connectivity index is 0.00000151. The highest BCUT2D eigenvalue weighted by Crippen LogP contribution is 2.14. The molecule has 0 atom stereocenters. The zero-order valence-corrected chi connectivity index (χ0v) is 16.0. The van der Waals surface area contributed by atoms with E-state index in [2.05, 4.69) is 14.8 Å². The monoisotopic (exact) mass is 349 g/mol. The summed E-state index contributed by atoms with van der Waals surface area (Å²) in [7, 11) is 0. The number of ketones is 2. The van der Waals surface area contributed by atoms with E-state index in [9.17, 15) is 9.59 Å². The highest BCUT2D eigenvalue weighted by molar-refractivity contribution is 5.95. The van der Waals surface area contributed by atoms with Gasteiger partial charge in [-0.25, -0.2) is 4.98 Å². The molecule has 0 amide bonds. The topological polar surface area (TPSA) is 62.7 Å². The molecule has 0 radical (unpaired) electrons. The molecule has 1 fully saturated rings. The summed E-state index contributed by atoms with van der Waals surface area (Å²) in [5, 5.41) is 0. The van der Waals surface area contributed by atoms with Crippen molar-refractivity contribution in [3.05, 3.63) is 23.9 Å². The van der Waals surface area contributed by atoms with Crippen LogP contribution in [0.4, 0.5) is 5.82 Å². The Kier molecular flexibility index (Phi) is 9.96. The number of nitrogens with zero attached hydrogens (tertiary/aromatic N) is 3. The second-order valence-corrected chi connectivity index (χ2v) is 5.77. The van der Waals surface area contributed by atoms with Gasteiger partial charge in [-0.2, -0.15) is 0 Å². The molecular formula is C19H31N3O3. The number of aromatic nitrogens is 1. The number of ether oxygens (including phenoxy) is 1. The molecule has 0 unspecified atom stereocenters. The molecule has 0 aromatic carbocycles. The van der Waals surface area contributed by atoms with Crippen LogP contribution in [0.2, 0.25) is 0 Å². The van der Waals surface area contributed by atoms with Crippen molar-refractivity contribution >= 4 is 17.4 Å². The molecule has 0 N–H and O–H groups in total. The lowest BCUT2D eigenvalue weighted by Crippen LogP contribution is -2.47. The third kappa shape index (κ3) is 7.32. The van der Waals surface area contributed by atoms with Crippen molar-refractivity contribution < 1.29 is 14.3 Å². The molecule has 6 nitrogen and oxygen atoms in total. The number of hydrogen-bond acceptors (Lipinski definition) is 6. The number of carbonyl (C=O) groups excluding carboxylic acids is 2. The Morgan fingerprint density at radius 3 is 2.36 bits per heavy atom. The first kappa shape index (κ1) is 21.3. The van der Waals surface area contributed by atoms with Crippen LogP contribution >= 0.6 is 0 Å². The van der Waals surface area contributed by atoms with Gasteiger partial charge in [0.05, 0.1) is 6.61 Å². The Hall–Kier alpha value is -1.79. The van der Waals surface area contributed by atoms with E-state index in [-0.39, 0.29) is 18.2 Å². The van der Waals surface area contributed by atoms with E-state index in [1.807, 2.05) is 32.9 Å². The van der Waals surface area contributed by atoms with Crippen molar-refractivity contribution in [3.8, 4) is 0 Å². The highest BCUT2D eigenvalue weighted by atomic mass is 16.5. The Labute approximate surface area is 151 Å². The Morgan fingerprint density at radius 2 is 1.84 bits per heavy atom. The number of rotatable bonds is 8. The molecule has 1 aliphatic heterocycles. The number of carbonyl (C=O) groups is 2. The summed E-state index contributed by atoms with van der Waals surface area (Å²) in [5.74, 6) is 1.11. The third-order valence-electron chi connectivity index (χ3n) is 3.94. The molecule has 140 valence electrons. The molecular weight excluding hydrogens is 318 g/mol. The van der Waals surface area contributed by atoms with Crippen LogP contribution in [0.1, 0.15) is 44.5 Å². The Morgan fingerprint density at radius 1 is 1.16 bits per heavy atom. The fraction of sp³-hybridized carbons (Fsp3) is 0.632. The SMILES string of the molecule is CC.CCC(=O)c1ccc(N2CCN(CCOCC(C)=O)CC2)nc1. The van der Waals surface area contributed by atoms with E-state index < -0.39 is 0 Å². The Bertz CT molecular complexity index is 523. The molecule has 1 aliphatic rings. The summed E-state index contributed by atoms with van der Waals surface area (Å²) < 4.78 is 5.31. The van der Waals surface area contributed by atoms with Crippen LogP contribution in [0.25, 0.3) is 0 Å². The molecule has 2 heterocycles. The second-order valence-electron chi connectivity index (χ2n) is 5.77. The van der Waals surface area contributed by atoms with Gasteiger partial charge in [0, 0.05) is 50.9 Å². The van der Waals surface area contributed by atoms with Gasteiger partial charge in [-0.3, -0.25) is 14.5 Å². The minimum atomic E-state index is 0.0610. The van der Waals surface area contributed by atoms with Crippen LogP contribution in [-0.2, 0) is 9.53 Å². The molecule has 0 spiro atoms. The van der Waals surface area contributed by atoms with Gasteiger partial charge in [0.15, 0.2) is 11.6 Å². The summed E-state index contributed by atoms with van der Waals surface area (Å²) in [6, 6.07) is 3.78. The maximum absolute atomic E-state index is 11.6. The van der Waals surface area contributed by atoms with E-state index >= 15 is 0 Å². The van der Waals surface area contributed by atoms with E-state index in [1.54, 1.807) is 6.20 Å². The summed E-state index contributed by atoms with van der Waals surface area (Å²) in [6.45, 7) is 12.7. The summed E-state index contributed by atoms with van der Waals surface area (Å²) >= 11 is 0. The zero-order valence-electron chi connectivity index (χ0n) is 16.0. The highest BCUT2D eigenvalue weighted by Gasteiger charge is 2.18. The van der Waals surface area contributed by atoms with Crippen LogP contribution in [-0.4, -0.2) is 67.4 Å². The minimum Gasteiger partial charge on any atom is -0.372 e. The van der Waals surface area contributed by atoms with Gasteiger partial charge >= 0.3 is 0 Å². The largest absolute Gasteiger partial charge is 0.372 e. The number of Topliss-reactive ketones (excluding diaryl/α,β-unsaturated/α-hetero) is 2. The van der Waals surface area contributed by atoms with Gasteiger partial charge in [-0.1, -0.05) is 20.8 Å². The molecule has 0 saturated carbocycles. The number of anilines is 1.